The second-order valence-corrected chi connectivity index (χ2v) is 7.18. The molecule has 7 heteroatoms. The van der Waals surface area contributed by atoms with Gasteiger partial charge in [0.2, 0.25) is 11.8 Å². The van der Waals surface area contributed by atoms with E-state index in [1.807, 2.05) is 17.5 Å². The molecule has 0 aliphatic carbocycles. The van der Waals surface area contributed by atoms with E-state index in [4.69, 9.17) is 11.6 Å². The number of hydrogen-bond donors (Lipinski definition) is 2. The minimum Gasteiger partial charge on any atom is -0.354 e. The van der Waals surface area contributed by atoms with Gasteiger partial charge in [-0.3, -0.25) is 14.5 Å². The Balaban J connectivity index is 1.76. The van der Waals surface area contributed by atoms with Gasteiger partial charge in [0.1, 0.15) is 0 Å². The standard InChI is InChI=1S/C18H22ClN3O2S/c1-13(18(24)20-10-9-14-6-5-11-25-14)22(2)12-17(23)21-16-8-4-3-7-15(16)19/h3-8,11,13H,9-10,12H2,1-2H3,(H,20,24)(H,21,23). The number of hydrogen-bond acceptors (Lipinski definition) is 4. The van der Waals surface area contributed by atoms with Gasteiger partial charge in [-0.1, -0.05) is 29.8 Å². The van der Waals surface area contributed by atoms with Crippen LogP contribution in [0.15, 0.2) is 41.8 Å². The lowest BCUT2D eigenvalue weighted by Gasteiger charge is -2.23. The largest absolute Gasteiger partial charge is 0.354 e. The number of benzene rings is 1. The molecule has 1 aromatic carbocycles. The molecule has 0 radical (unpaired) electrons. The molecule has 1 atom stereocenters. The Morgan fingerprint density at radius 1 is 1.24 bits per heavy atom. The van der Waals surface area contributed by atoms with Crippen molar-refractivity contribution in [2.24, 2.45) is 0 Å². The molecule has 2 aromatic rings. The number of thiophene rings is 1. The van der Waals surface area contributed by atoms with E-state index in [1.54, 1.807) is 54.5 Å². The quantitative estimate of drug-likeness (QED) is 0.741. The number of carbonyl (C=O) groups excluding carboxylic acids is 2. The van der Waals surface area contributed by atoms with Crippen molar-refractivity contribution in [3.8, 4) is 0 Å². The third kappa shape index (κ3) is 6.16. The summed E-state index contributed by atoms with van der Waals surface area (Å²) in [5.41, 5.74) is 0.565. The molecule has 134 valence electrons. The van der Waals surface area contributed by atoms with Crippen molar-refractivity contribution in [2.75, 3.05) is 25.5 Å². The summed E-state index contributed by atoms with van der Waals surface area (Å²) in [5.74, 6) is -0.307. The van der Waals surface area contributed by atoms with Crippen molar-refractivity contribution in [1.29, 1.82) is 0 Å². The van der Waals surface area contributed by atoms with Gasteiger partial charge in [0.05, 0.1) is 23.3 Å². The van der Waals surface area contributed by atoms with Crippen molar-refractivity contribution >= 4 is 40.4 Å². The van der Waals surface area contributed by atoms with Crippen molar-refractivity contribution < 1.29 is 9.59 Å². The monoisotopic (exact) mass is 379 g/mol. The van der Waals surface area contributed by atoms with E-state index in [2.05, 4.69) is 10.6 Å². The fourth-order valence-corrected chi connectivity index (χ4v) is 3.12. The first-order valence-corrected chi connectivity index (χ1v) is 9.28. The highest BCUT2D eigenvalue weighted by atomic mass is 35.5. The molecule has 1 unspecified atom stereocenters. The second kappa shape index (κ2) is 9.56. The number of amides is 2. The zero-order valence-electron chi connectivity index (χ0n) is 14.3. The highest BCUT2D eigenvalue weighted by Gasteiger charge is 2.20. The van der Waals surface area contributed by atoms with E-state index < -0.39 is 6.04 Å². The molecule has 2 amide bonds. The van der Waals surface area contributed by atoms with Crippen molar-refractivity contribution in [1.82, 2.24) is 10.2 Å². The molecule has 0 aliphatic rings. The summed E-state index contributed by atoms with van der Waals surface area (Å²) < 4.78 is 0. The van der Waals surface area contributed by atoms with Crippen LogP contribution in [0.5, 0.6) is 0 Å². The smallest absolute Gasteiger partial charge is 0.238 e. The average molecular weight is 380 g/mol. The Labute approximate surface area is 157 Å². The van der Waals surface area contributed by atoms with Gasteiger partial charge in [-0.25, -0.2) is 0 Å². The summed E-state index contributed by atoms with van der Waals surface area (Å²) in [5, 5.41) is 8.16. The molecule has 0 aliphatic heterocycles. The molecule has 0 fully saturated rings. The van der Waals surface area contributed by atoms with Crippen LogP contribution >= 0.6 is 22.9 Å². The first-order valence-electron chi connectivity index (χ1n) is 8.02. The molecule has 0 saturated heterocycles. The molecule has 25 heavy (non-hydrogen) atoms. The van der Waals surface area contributed by atoms with Gasteiger partial charge in [-0.05, 0) is 44.0 Å². The molecular formula is C18H22ClN3O2S. The molecule has 0 bridgehead atoms. The molecule has 5 nitrogen and oxygen atoms in total. The van der Waals surface area contributed by atoms with Crippen molar-refractivity contribution in [3.63, 3.8) is 0 Å². The Morgan fingerprint density at radius 2 is 2.00 bits per heavy atom. The SMILES string of the molecule is CC(C(=O)NCCc1cccs1)N(C)CC(=O)Nc1ccccc1Cl. The Morgan fingerprint density at radius 3 is 2.68 bits per heavy atom. The van der Waals surface area contributed by atoms with Crippen LogP contribution in [0.25, 0.3) is 0 Å². The predicted molar refractivity (Wildman–Crippen MR) is 103 cm³/mol. The van der Waals surface area contributed by atoms with Crippen LogP contribution < -0.4 is 10.6 Å². The van der Waals surface area contributed by atoms with Crippen LogP contribution in [-0.2, 0) is 16.0 Å². The van der Waals surface area contributed by atoms with E-state index in [1.165, 1.54) is 4.88 Å². The average Bonchev–Trinajstić information content (AvgIpc) is 3.09. The minimum absolute atomic E-state index is 0.0930. The third-order valence-corrected chi connectivity index (χ3v) is 5.10. The Kier molecular flexibility index (Phi) is 7.43. The lowest BCUT2D eigenvalue weighted by atomic mass is 10.2. The normalized spacial score (nSPS) is 12.0. The van der Waals surface area contributed by atoms with Crippen LogP contribution in [0.2, 0.25) is 5.02 Å². The number of para-hydroxylation sites is 1. The van der Waals surface area contributed by atoms with Crippen molar-refractivity contribution in [3.05, 3.63) is 51.7 Å². The maximum atomic E-state index is 12.2. The summed E-state index contributed by atoms with van der Waals surface area (Å²) in [4.78, 5) is 27.3. The van der Waals surface area contributed by atoms with Crippen LogP contribution in [0.1, 0.15) is 11.8 Å². The van der Waals surface area contributed by atoms with Crippen LogP contribution in [0.4, 0.5) is 5.69 Å². The van der Waals surface area contributed by atoms with E-state index >= 15 is 0 Å². The highest BCUT2D eigenvalue weighted by molar-refractivity contribution is 7.09. The lowest BCUT2D eigenvalue weighted by molar-refractivity contribution is -0.126. The summed E-state index contributed by atoms with van der Waals surface area (Å²) in [6, 6.07) is 10.7. The van der Waals surface area contributed by atoms with Crippen LogP contribution in [0.3, 0.4) is 0 Å². The number of halogens is 1. The number of rotatable bonds is 8. The first kappa shape index (κ1) is 19.4. The fourth-order valence-electron chi connectivity index (χ4n) is 2.23. The number of nitrogens with zero attached hydrogens (tertiary/aromatic N) is 1. The zero-order chi connectivity index (χ0) is 18.2. The molecule has 2 N–H and O–H groups in total. The van der Waals surface area contributed by atoms with Gasteiger partial charge in [0, 0.05) is 11.4 Å². The van der Waals surface area contributed by atoms with Crippen LogP contribution in [-0.4, -0.2) is 42.9 Å². The number of likely N-dealkylation sites (N-methyl/N-ethyl adjacent to an activating group) is 1. The predicted octanol–water partition coefficient (Wildman–Crippen LogP) is 3.02. The van der Waals surface area contributed by atoms with Gasteiger partial charge in [-0.2, -0.15) is 0 Å². The molecule has 2 rings (SSSR count). The molecular weight excluding hydrogens is 358 g/mol. The van der Waals surface area contributed by atoms with E-state index in [9.17, 15) is 9.59 Å². The number of nitrogens with one attached hydrogen (secondary N) is 2. The van der Waals surface area contributed by atoms with E-state index in [0.29, 0.717) is 17.3 Å². The maximum Gasteiger partial charge on any atom is 0.238 e. The summed E-state index contributed by atoms with van der Waals surface area (Å²) >= 11 is 7.70. The highest BCUT2D eigenvalue weighted by Crippen LogP contribution is 2.20. The van der Waals surface area contributed by atoms with Crippen molar-refractivity contribution in [2.45, 2.75) is 19.4 Å². The summed E-state index contributed by atoms with van der Waals surface area (Å²) in [6.45, 7) is 2.47. The molecule has 1 aromatic heterocycles. The van der Waals surface area contributed by atoms with Gasteiger partial charge >= 0.3 is 0 Å². The summed E-state index contributed by atoms with van der Waals surface area (Å²) in [7, 11) is 1.75. The number of anilines is 1. The van der Waals surface area contributed by atoms with E-state index in [0.717, 1.165) is 6.42 Å². The maximum absolute atomic E-state index is 12.2. The number of carbonyl (C=O) groups is 2. The Bertz CT molecular complexity index is 706. The Hall–Kier alpha value is -1.89. The molecule has 0 saturated carbocycles. The van der Waals surface area contributed by atoms with E-state index in [-0.39, 0.29) is 18.4 Å². The molecule has 0 spiro atoms. The topological polar surface area (TPSA) is 61.4 Å². The van der Waals surface area contributed by atoms with Crippen LogP contribution in [0, 0.1) is 0 Å². The lowest BCUT2D eigenvalue weighted by Crippen LogP contribution is -2.46. The third-order valence-electron chi connectivity index (χ3n) is 3.83. The summed E-state index contributed by atoms with van der Waals surface area (Å²) in [6.07, 6.45) is 0.812. The minimum atomic E-state index is -0.402. The van der Waals surface area contributed by atoms with Gasteiger partial charge < -0.3 is 10.6 Å². The fraction of sp³-hybridized carbons (Fsp3) is 0.333. The van der Waals surface area contributed by atoms with Gasteiger partial charge in [-0.15, -0.1) is 11.3 Å². The molecule has 1 heterocycles. The van der Waals surface area contributed by atoms with Gasteiger partial charge in [0.15, 0.2) is 0 Å². The zero-order valence-corrected chi connectivity index (χ0v) is 15.9. The first-order chi connectivity index (χ1) is 12.0. The second-order valence-electron chi connectivity index (χ2n) is 5.74. The van der Waals surface area contributed by atoms with Gasteiger partial charge in [0.25, 0.3) is 0 Å².